The molecule has 0 spiro atoms. The summed E-state index contributed by atoms with van der Waals surface area (Å²) in [5.41, 5.74) is 4.14. The minimum absolute atomic E-state index is 0.0992. The lowest BCUT2D eigenvalue weighted by Gasteiger charge is -2.06. The van der Waals surface area contributed by atoms with E-state index in [2.05, 4.69) is 28.1 Å². The predicted molar refractivity (Wildman–Crippen MR) is 82.0 cm³/mol. The lowest BCUT2D eigenvalue weighted by atomic mass is 9.97. The molecule has 1 atom stereocenters. The van der Waals surface area contributed by atoms with Crippen LogP contribution in [-0.2, 0) is 4.79 Å². The second-order valence-corrected chi connectivity index (χ2v) is 5.73. The van der Waals surface area contributed by atoms with Crippen LogP contribution < -0.4 is 0 Å². The molecule has 0 heterocycles. The number of carbonyl (C=O) groups excluding carboxylic acids is 1. The van der Waals surface area contributed by atoms with Crippen molar-refractivity contribution in [3.8, 4) is 0 Å². The van der Waals surface area contributed by atoms with Crippen molar-refractivity contribution in [1.82, 2.24) is 0 Å². The molecule has 0 amide bonds. The smallest absolute Gasteiger partial charge is 0.177 e. The highest BCUT2D eigenvalue weighted by atomic mass is 79.9. The summed E-state index contributed by atoms with van der Waals surface area (Å²) in [6, 6.07) is 20.1. The van der Waals surface area contributed by atoms with Gasteiger partial charge in [-0.1, -0.05) is 76.6 Å². The average Bonchev–Trinajstić information content (AvgIpc) is 2.77. The van der Waals surface area contributed by atoms with Gasteiger partial charge in [0, 0.05) is 5.57 Å². The van der Waals surface area contributed by atoms with Crippen LogP contribution in [0.15, 0.2) is 60.7 Å². The molecule has 0 N–H and O–H groups in total. The first-order valence-corrected chi connectivity index (χ1v) is 7.21. The zero-order chi connectivity index (χ0) is 13.2. The third-order valence-corrected chi connectivity index (χ3v) is 4.14. The molecular formula is C17H13BrO. The van der Waals surface area contributed by atoms with E-state index >= 15 is 0 Å². The number of allylic oxidation sites excluding steroid dienone is 2. The van der Waals surface area contributed by atoms with Gasteiger partial charge in [0.2, 0.25) is 0 Å². The highest BCUT2D eigenvalue weighted by Gasteiger charge is 2.32. The van der Waals surface area contributed by atoms with Crippen LogP contribution in [0.1, 0.15) is 17.5 Å². The fourth-order valence-electron chi connectivity index (χ4n) is 2.50. The van der Waals surface area contributed by atoms with Crippen LogP contribution in [0.5, 0.6) is 0 Å². The van der Waals surface area contributed by atoms with E-state index in [-0.39, 0.29) is 10.6 Å². The first kappa shape index (κ1) is 12.4. The van der Waals surface area contributed by atoms with Crippen molar-refractivity contribution in [2.45, 2.75) is 11.2 Å². The summed E-state index contributed by atoms with van der Waals surface area (Å²) in [4.78, 5) is 12.3. The van der Waals surface area contributed by atoms with E-state index in [9.17, 15) is 4.79 Å². The van der Waals surface area contributed by atoms with Crippen molar-refractivity contribution in [3.05, 3.63) is 71.8 Å². The summed E-state index contributed by atoms with van der Waals surface area (Å²) in [6.07, 6.45) is 0.757. The molecule has 2 aromatic carbocycles. The molecule has 0 aliphatic heterocycles. The summed E-state index contributed by atoms with van der Waals surface area (Å²) in [6.45, 7) is 0. The molecule has 1 unspecified atom stereocenters. The molecule has 0 saturated heterocycles. The SMILES string of the molecule is O=C1C(c2ccccc2)=C(c2ccccc2)CC1Br. The maximum atomic E-state index is 12.4. The van der Waals surface area contributed by atoms with E-state index in [0.717, 1.165) is 28.7 Å². The number of Topliss-reactive ketones (excluding diaryl/α,β-unsaturated/α-hetero) is 1. The summed E-state index contributed by atoms with van der Waals surface area (Å²) >= 11 is 3.49. The van der Waals surface area contributed by atoms with Crippen LogP contribution in [0.4, 0.5) is 0 Å². The Bertz CT molecular complexity index is 629. The van der Waals surface area contributed by atoms with Gasteiger partial charge in [0.15, 0.2) is 5.78 Å². The van der Waals surface area contributed by atoms with E-state index < -0.39 is 0 Å². The Labute approximate surface area is 121 Å². The molecule has 0 saturated carbocycles. The maximum absolute atomic E-state index is 12.4. The molecule has 0 fully saturated rings. The van der Waals surface area contributed by atoms with Crippen LogP contribution >= 0.6 is 15.9 Å². The highest BCUT2D eigenvalue weighted by molar-refractivity contribution is 9.10. The number of halogens is 1. The van der Waals surface area contributed by atoms with Gasteiger partial charge in [-0.2, -0.15) is 0 Å². The Morgan fingerprint density at radius 2 is 1.37 bits per heavy atom. The zero-order valence-corrected chi connectivity index (χ0v) is 11.9. The van der Waals surface area contributed by atoms with Crippen LogP contribution in [0.25, 0.3) is 11.1 Å². The molecule has 0 bridgehead atoms. The maximum Gasteiger partial charge on any atom is 0.177 e. The Balaban J connectivity index is 2.17. The average molecular weight is 313 g/mol. The van der Waals surface area contributed by atoms with Crippen molar-refractivity contribution in [2.24, 2.45) is 0 Å². The second kappa shape index (κ2) is 5.14. The normalized spacial score (nSPS) is 19.0. The second-order valence-electron chi connectivity index (χ2n) is 4.62. The van der Waals surface area contributed by atoms with Gasteiger partial charge < -0.3 is 0 Å². The standard InChI is InChI=1S/C17H13BrO/c18-15-11-14(12-7-3-1-4-8-12)16(17(15)19)13-9-5-2-6-10-13/h1-10,15H,11H2. The van der Waals surface area contributed by atoms with E-state index in [1.807, 2.05) is 48.5 Å². The molecule has 19 heavy (non-hydrogen) atoms. The third kappa shape index (κ3) is 2.28. The molecule has 1 nitrogen and oxygen atoms in total. The number of ketones is 1. The molecule has 1 aliphatic rings. The molecule has 1 aliphatic carbocycles. The van der Waals surface area contributed by atoms with Crippen LogP contribution in [0, 0.1) is 0 Å². The third-order valence-electron chi connectivity index (χ3n) is 3.40. The Hall–Kier alpha value is -1.67. The number of hydrogen-bond donors (Lipinski definition) is 0. The zero-order valence-electron chi connectivity index (χ0n) is 10.3. The number of alkyl halides is 1. The minimum Gasteiger partial charge on any atom is -0.293 e. The van der Waals surface area contributed by atoms with Gasteiger partial charge in [0.05, 0.1) is 4.83 Å². The Morgan fingerprint density at radius 1 is 0.842 bits per heavy atom. The van der Waals surface area contributed by atoms with Crippen LogP contribution in [0.2, 0.25) is 0 Å². The fourth-order valence-corrected chi connectivity index (χ4v) is 3.05. The molecule has 94 valence electrons. The summed E-state index contributed by atoms with van der Waals surface area (Å²) in [5.74, 6) is 0.185. The van der Waals surface area contributed by atoms with Crippen LogP contribution in [0.3, 0.4) is 0 Å². The molecule has 0 radical (unpaired) electrons. The van der Waals surface area contributed by atoms with Gasteiger partial charge in [-0.25, -0.2) is 0 Å². The fraction of sp³-hybridized carbons (Fsp3) is 0.118. The number of benzene rings is 2. The van der Waals surface area contributed by atoms with Gasteiger partial charge in [-0.15, -0.1) is 0 Å². The van der Waals surface area contributed by atoms with Crippen molar-refractivity contribution < 1.29 is 4.79 Å². The van der Waals surface area contributed by atoms with Crippen molar-refractivity contribution in [1.29, 1.82) is 0 Å². The van der Waals surface area contributed by atoms with E-state index in [0.29, 0.717) is 0 Å². The summed E-state index contributed by atoms with van der Waals surface area (Å²) in [7, 11) is 0. The largest absolute Gasteiger partial charge is 0.293 e. The van der Waals surface area contributed by atoms with Crippen molar-refractivity contribution >= 4 is 32.9 Å². The van der Waals surface area contributed by atoms with Gasteiger partial charge in [-0.05, 0) is 23.1 Å². The highest BCUT2D eigenvalue weighted by Crippen LogP contribution is 2.40. The minimum atomic E-state index is -0.0992. The molecule has 2 aromatic rings. The quantitative estimate of drug-likeness (QED) is 0.754. The lowest BCUT2D eigenvalue weighted by molar-refractivity contribution is -0.112. The first-order valence-electron chi connectivity index (χ1n) is 6.29. The molecule has 2 heteroatoms. The van der Waals surface area contributed by atoms with Gasteiger partial charge >= 0.3 is 0 Å². The molecular weight excluding hydrogens is 300 g/mol. The first-order chi connectivity index (χ1) is 9.27. The van der Waals surface area contributed by atoms with Crippen LogP contribution in [-0.4, -0.2) is 10.6 Å². The molecule has 3 rings (SSSR count). The van der Waals surface area contributed by atoms with Gasteiger partial charge in [0.25, 0.3) is 0 Å². The number of hydrogen-bond acceptors (Lipinski definition) is 1. The van der Waals surface area contributed by atoms with Crippen molar-refractivity contribution in [3.63, 3.8) is 0 Å². The Kier molecular flexibility index (Phi) is 3.34. The monoisotopic (exact) mass is 312 g/mol. The summed E-state index contributed by atoms with van der Waals surface area (Å²) in [5, 5.41) is 0. The number of carbonyl (C=O) groups is 1. The Morgan fingerprint density at radius 3 is 1.95 bits per heavy atom. The number of rotatable bonds is 2. The lowest BCUT2D eigenvalue weighted by Crippen LogP contribution is -2.07. The topological polar surface area (TPSA) is 17.1 Å². The predicted octanol–water partition coefficient (Wildman–Crippen LogP) is 4.33. The van der Waals surface area contributed by atoms with E-state index in [1.54, 1.807) is 0 Å². The van der Waals surface area contributed by atoms with Gasteiger partial charge in [0.1, 0.15) is 0 Å². The molecule has 0 aromatic heterocycles. The van der Waals surface area contributed by atoms with Gasteiger partial charge in [-0.3, -0.25) is 4.79 Å². The van der Waals surface area contributed by atoms with E-state index in [1.165, 1.54) is 0 Å². The van der Waals surface area contributed by atoms with E-state index in [4.69, 9.17) is 0 Å². The van der Waals surface area contributed by atoms with Crippen molar-refractivity contribution in [2.75, 3.05) is 0 Å². The summed E-state index contributed by atoms with van der Waals surface area (Å²) < 4.78 is 0.